The van der Waals surface area contributed by atoms with Crippen LogP contribution in [0, 0.1) is 11.3 Å². The van der Waals surface area contributed by atoms with Gasteiger partial charge >= 0.3 is 0 Å². The third-order valence-corrected chi connectivity index (χ3v) is 3.06. The minimum absolute atomic E-state index is 0.209. The van der Waals surface area contributed by atoms with Gasteiger partial charge in [0.1, 0.15) is 0 Å². The van der Waals surface area contributed by atoms with Gasteiger partial charge in [-0.25, -0.2) is 0 Å². The molecule has 84 valence electrons. The van der Waals surface area contributed by atoms with Crippen LogP contribution in [0.4, 0.5) is 0 Å². The summed E-state index contributed by atoms with van der Waals surface area (Å²) in [6, 6.07) is 12.6. The van der Waals surface area contributed by atoms with E-state index >= 15 is 0 Å². The van der Waals surface area contributed by atoms with Gasteiger partial charge in [0.05, 0.1) is 18.6 Å². The Morgan fingerprint density at radius 3 is 2.81 bits per heavy atom. The fraction of sp³-hybridized carbons (Fsp3) is 0.462. The summed E-state index contributed by atoms with van der Waals surface area (Å²) in [7, 11) is 0. The molecule has 1 aromatic rings. The molecule has 0 spiro atoms. The fourth-order valence-corrected chi connectivity index (χ4v) is 2.29. The van der Waals surface area contributed by atoms with Crippen LogP contribution < -0.4 is 0 Å². The van der Waals surface area contributed by atoms with E-state index in [-0.39, 0.29) is 12.1 Å². The quantitative estimate of drug-likeness (QED) is 0.833. The van der Waals surface area contributed by atoms with Crippen LogP contribution in [0.5, 0.6) is 0 Å². The van der Waals surface area contributed by atoms with E-state index in [0.29, 0.717) is 13.0 Å². The van der Waals surface area contributed by atoms with Crippen molar-refractivity contribution in [3.8, 4) is 6.07 Å². The third-order valence-electron chi connectivity index (χ3n) is 3.06. The van der Waals surface area contributed by atoms with E-state index in [1.54, 1.807) is 0 Å². The molecule has 0 aliphatic carbocycles. The lowest BCUT2D eigenvalue weighted by Crippen LogP contribution is -2.29. The predicted octanol–water partition coefficient (Wildman–Crippen LogP) is 1.54. The maximum absolute atomic E-state index is 9.62. The van der Waals surface area contributed by atoms with E-state index in [2.05, 4.69) is 23.1 Å². The molecule has 1 fully saturated rings. The van der Waals surface area contributed by atoms with Crippen molar-refractivity contribution in [2.45, 2.75) is 31.5 Å². The Morgan fingerprint density at radius 1 is 1.38 bits per heavy atom. The molecule has 1 aromatic carbocycles. The predicted molar refractivity (Wildman–Crippen MR) is 61.5 cm³/mol. The standard InChI is InChI=1S/C13H16N2O/c14-7-6-12-8-13(16)10-15(12)9-11-4-2-1-3-5-11/h1-5,12-13,16H,6,8-10H2/t12-,13-/m1/s1. The van der Waals surface area contributed by atoms with E-state index in [1.165, 1.54) is 5.56 Å². The number of nitriles is 1. The highest BCUT2D eigenvalue weighted by atomic mass is 16.3. The van der Waals surface area contributed by atoms with Crippen LogP contribution in [0.15, 0.2) is 30.3 Å². The lowest BCUT2D eigenvalue weighted by Gasteiger charge is -2.21. The zero-order valence-electron chi connectivity index (χ0n) is 9.21. The molecule has 2 rings (SSSR count). The number of hydrogen-bond donors (Lipinski definition) is 1. The Hall–Kier alpha value is -1.37. The Kier molecular flexibility index (Phi) is 3.55. The normalized spacial score (nSPS) is 25.5. The van der Waals surface area contributed by atoms with Gasteiger partial charge < -0.3 is 5.11 Å². The van der Waals surface area contributed by atoms with E-state index in [4.69, 9.17) is 5.26 Å². The summed E-state index contributed by atoms with van der Waals surface area (Å²) in [4.78, 5) is 2.20. The van der Waals surface area contributed by atoms with Crippen LogP contribution in [0.1, 0.15) is 18.4 Å². The molecular weight excluding hydrogens is 200 g/mol. The van der Waals surface area contributed by atoms with E-state index < -0.39 is 0 Å². The molecule has 0 amide bonds. The average Bonchev–Trinajstić information content (AvgIpc) is 2.61. The molecule has 0 bridgehead atoms. The lowest BCUT2D eigenvalue weighted by molar-refractivity contribution is 0.172. The third kappa shape index (κ3) is 2.60. The van der Waals surface area contributed by atoms with Gasteiger partial charge in [0.25, 0.3) is 0 Å². The lowest BCUT2D eigenvalue weighted by atomic mass is 10.1. The van der Waals surface area contributed by atoms with E-state index in [1.807, 2.05) is 18.2 Å². The highest BCUT2D eigenvalue weighted by molar-refractivity contribution is 5.15. The SMILES string of the molecule is N#CC[C@@H]1C[C@@H](O)CN1Cc1ccccc1. The van der Waals surface area contributed by atoms with Crippen molar-refractivity contribution in [1.29, 1.82) is 5.26 Å². The monoisotopic (exact) mass is 216 g/mol. The first kappa shape index (κ1) is 11.1. The molecule has 1 aliphatic heterocycles. The summed E-state index contributed by atoms with van der Waals surface area (Å²) < 4.78 is 0. The van der Waals surface area contributed by atoms with Crippen molar-refractivity contribution in [2.24, 2.45) is 0 Å². The van der Waals surface area contributed by atoms with Crippen LogP contribution in [0.2, 0.25) is 0 Å². The van der Waals surface area contributed by atoms with Gasteiger partial charge in [-0.15, -0.1) is 0 Å². The highest BCUT2D eigenvalue weighted by Gasteiger charge is 2.30. The maximum atomic E-state index is 9.62. The number of aliphatic hydroxyl groups is 1. The van der Waals surface area contributed by atoms with Gasteiger partial charge in [-0.3, -0.25) is 4.90 Å². The average molecular weight is 216 g/mol. The molecule has 1 saturated heterocycles. The van der Waals surface area contributed by atoms with Crippen molar-refractivity contribution in [3.63, 3.8) is 0 Å². The minimum atomic E-state index is -0.276. The number of rotatable bonds is 3. The zero-order chi connectivity index (χ0) is 11.4. The molecule has 0 saturated carbocycles. The second kappa shape index (κ2) is 5.11. The zero-order valence-corrected chi connectivity index (χ0v) is 9.21. The molecular formula is C13H16N2O. The molecule has 16 heavy (non-hydrogen) atoms. The van der Waals surface area contributed by atoms with Crippen LogP contribution in [0.3, 0.4) is 0 Å². The van der Waals surface area contributed by atoms with Gasteiger partial charge in [-0.1, -0.05) is 30.3 Å². The topological polar surface area (TPSA) is 47.3 Å². The fourth-order valence-electron chi connectivity index (χ4n) is 2.29. The molecule has 0 aromatic heterocycles. The van der Waals surface area contributed by atoms with Gasteiger partial charge in [0, 0.05) is 19.1 Å². The number of nitrogens with zero attached hydrogens (tertiary/aromatic N) is 2. The summed E-state index contributed by atoms with van der Waals surface area (Å²) in [5.41, 5.74) is 1.24. The number of benzene rings is 1. The summed E-state index contributed by atoms with van der Waals surface area (Å²) in [5.74, 6) is 0. The minimum Gasteiger partial charge on any atom is -0.392 e. The molecule has 0 unspecified atom stereocenters. The van der Waals surface area contributed by atoms with Gasteiger partial charge in [0.2, 0.25) is 0 Å². The summed E-state index contributed by atoms with van der Waals surface area (Å²) in [5, 5.41) is 18.4. The second-order valence-electron chi connectivity index (χ2n) is 4.32. The van der Waals surface area contributed by atoms with E-state index in [9.17, 15) is 5.11 Å². The van der Waals surface area contributed by atoms with Crippen LogP contribution in [0.25, 0.3) is 0 Å². The number of aliphatic hydroxyl groups excluding tert-OH is 1. The first-order chi connectivity index (χ1) is 7.79. The largest absolute Gasteiger partial charge is 0.392 e. The van der Waals surface area contributed by atoms with Crippen LogP contribution >= 0.6 is 0 Å². The van der Waals surface area contributed by atoms with Gasteiger partial charge in [0.15, 0.2) is 0 Å². The molecule has 1 heterocycles. The first-order valence-electron chi connectivity index (χ1n) is 5.62. The number of hydrogen-bond acceptors (Lipinski definition) is 3. The maximum Gasteiger partial charge on any atom is 0.0682 e. The first-order valence-corrected chi connectivity index (χ1v) is 5.62. The van der Waals surface area contributed by atoms with Gasteiger partial charge in [-0.2, -0.15) is 5.26 Å². The van der Waals surface area contributed by atoms with Crippen molar-refractivity contribution in [3.05, 3.63) is 35.9 Å². The molecule has 3 heteroatoms. The molecule has 1 aliphatic rings. The van der Waals surface area contributed by atoms with Crippen molar-refractivity contribution >= 4 is 0 Å². The molecule has 0 radical (unpaired) electrons. The molecule has 2 atom stereocenters. The van der Waals surface area contributed by atoms with E-state index in [0.717, 1.165) is 13.0 Å². The second-order valence-corrected chi connectivity index (χ2v) is 4.32. The van der Waals surface area contributed by atoms with Crippen LogP contribution in [-0.4, -0.2) is 28.7 Å². The highest BCUT2D eigenvalue weighted by Crippen LogP contribution is 2.22. The van der Waals surface area contributed by atoms with Gasteiger partial charge in [-0.05, 0) is 12.0 Å². The Bertz CT molecular complexity index is 371. The van der Waals surface area contributed by atoms with Crippen molar-refractivity contribution in [2.75, 3.05) is 6.54 Å². The van der Waals surface area contributed by atoms with Crippen LogP contribution in [-0.2, 0) is 6.54 Å². The van der Waals surface area contributed by atoms with Crippen molar-refractivity contribution < 1.29 is 5.11 Å². The summed E-state index contributed by atoms with van der Waals surface area (Å²) in [6.45, 7) is 1.51. The van der Waals surface area contributed by atoms with Crippen molar-refractivity contribution in [1.82, 2.24) is 4.90 Å². The molecule has 3 nitrogen and oxygen atoms in total. The Labute approximate surface area is 95.9 Å². The summed E-state index contributed by atoms with van der Waals surface area (Å²) in [6.07, 6.45) is 0.951. The molecule has 1 N–H and O–H groups in total. The number of β-amino-alcohol motifs (C(OH)–C–C–N with tert-alkyl or cyclic N) is 1. The Balaban J connectivity index is 2.01. The smallest absolute Gasteiger partial charge is 0.0682 e. The Morgan fingerprint density at radius 2 is 2.12 bits per heavy atom. The number of likely N-dealkylation sites (tertiary alicyclic amines) is 1. The summed E-state index contributed by atoms with van der Waals surface area (Å²) >= 11 is 0.